The lowest BCUT2D eigenvalue weighted by Gasteiger charge is -2.37. The van der Waals surface area contributed by atoms with E-state index in [0.717, 1.165) is 42.9 Å². The first kappa shape index (κ1) is 20.7. The van der Waals surface area contributed by atoms with E-state index in [-0.39, 0.29) is 11.8 Å². The highest BCUT2D eigenvalue weighted by Crippen LogP contribution is 2.36. The van der Waals surface area contributed by atoms with Gasteiger partial charge in [0, 0.05) is 17.8 Å². The number of hydrogen-bond donors (Lipinski definition) is 2. The smallest absolute Gasteiger partial charge is 0.255 e. The third kappa shape index (κ3) is 3.90. The molecule has 0 aliphatic carbocycles. The number of phenolic OH excluding ortho intramolecular Hbond substituents is 1. The van der Waals surface area contributed by atoms with Crippen LogP contribution in [0.2, 0.25) is 5.02 Å². The maximum atomic E-state index is 11.3. The Morgan fingerprint density at radius 3 is 2.56 bits per heavy atom. The molecule has 1 aliphatic heterocycles. The molecule has 5 rings (SSSR count). The van der Waals surface area contributed by atoms with Gasteiger partial charge in [-0.3, -0.25) is 0 Å². The van der Waals surface area contributed by atoms with E-state index in [1.807, 2.05) is 42.7 Å². The van der Waals surface area contributed by atoms with E-state index in [4.69, 9.17) is 11.6 Å². The van der Waals surface area contributed by atoms with Gasteiger partial charge in [-0.25, -0.2) is 9.97 Å². The predicted octanol–water partition coefficient (Wildman–Crippen LogP) is 3.21. The summed E-state index contributed by atoms with van der Waals surface area (Å²) in [5, 5.41) is 12.8. The second-order valence-corrected chi connectivity index (χ2v) is 8.84. The van der Waals surface area contributed by atoms with Gasteiger partial charge in [-0.05, 0) is 31.2 Å². The van der Waals surface area contributed by atoms with Crippen molar-refractivity contribution in [2.45, 2.75) is 13.0 Å². The zero-order chi connectivity index (χ0) is 22.1. The van der Waals surface area contributed by atoms with Crippen LogP contribution in [0.25, 0.3) is 10.9 Å². The number of quaternary nitrogens is 1. The van der Waals surface area contributed by atoms with Crippen molar-refractivity contribution in [1.29, 1.82) is 0 Å². The van der Waals surface area contributed by atoms with Gasteiger partial charge in [0.25, 0.3) is 5.52 Å². The van der Waals surface area contributed by atoms with Crippen molar-refractivity contribution in [2.24, 2.45) is 0 Å². The van der Waals surface area contributed by atoms with Crippen molar-refractivity contribution < 1.29 is 15.0 Å². The molecular formula is C26H27ClN4O+2. The molecule has 0 saturated carbocycles. The molecule has 4 aromatic rings. The third-order valence-electron chi connectivity index (χ3n) is 6.41. The fourth-order valence-electron chi connectivity index (χ4n) is 4.73. The lowest BCUT2D eigenvalue weighted by molar-refractivity contribution is -0.926. The number of anilines is 1. The number of piperazine rings is 1. The topological polar surface area (TPSA) is 54.9 Å². The molecule has 6 heteroatoms. The molecule has 5 nitrogen and oxygen atoms in total. The van der Waals surface area contributed by atoms with Gasteiger partial charge in [0.05, 0.1) is 42.2 Å². The Bertz CT molecular complexity index is 1220. The van der Waals surface area contributed by atoms with E-state index in [9.17, 15) is 5.11 Å². The zero-order valence-electron chi connectivity index (χ0n) is 18.1. The van der Waals surface area contributed by atoms with Crippen LogP contribution in [0.5, 0.6) is 5.75 Å². The third-order valence-corrected chi connectivity index (χ3v) is 6.73. The predicted molar refractivity (Wildman–Crippen MR) is 127 cm³/mol. The molecule has 1 atom stereocenters. The number of benzene rings is 2. The Kier molecular flexibility index (Phi) is 5.68. The number of aromatic amines is 1. The van der Waals surface area contributed by atoms with Gasteiger partial charge in [0.15, 0.2) is 11.9 Å². The van der Waals surface area contributed by atoms with Crippen LogP contribution >= 0.6 is 11.6 Å². The summed E-state index contributed by atoms with van der Waals surface area (Å²) in [6.07, 6.45) is 3.66. The summed E-state index contributed by atoms with van der Waals surface area (Å²) in [5.41, 5.74) is 3.93. The molecule has 162 valence electrons. The molecule has 0 bridgehead atoms. The fraction of sp³-hybridized carbons (Fsp3) is 0.231. The maximum absolute atomic E-state index is 11.3. The number of aryl methyl sites for hydroxylation is 1. The minimum atomic E-state index is -0.0167. The Morgan fingerprint density at radius 2 is 1.84 bits per heavy atom. The molecule has 1 unspecified atom stereocenters. The molecular weight excluding hydrogens is 420 g/mol. The standard InChI is InChI=1S/C26H25ClN4O/c1-18-7-9-19(10-8-18)25(21-17-22(27)20-5-4-12-29-24(20)26(21)32)31-15-13-30(14-16-31)23-6-2-3-11-28-23/h2-12,17,25,32H,13-16H2,1H3/p+2. The molecule has 2 aromatic heterocycles. The van der Waals surface area contributed by atoms with Crippen molar-refractivity contribution >= 4 is 28.3 Å². The maximum Gasteiger partial charge on any atom is 0.255 e. The van der Waals surface area contributed by atoms with Crippen LogP contribution in [-0.4, -0.2) is 36.3 Å². The van der Waals surface area contributed by atoms with Crippen LogP contribution in [0, 0.1) is 6.92 Å². The summed E-state index contributed by atoms with van der Waals surface area (Å²) in [6.45, 7) is 5.77. The first-order valence-electron chi connectivity index (χ1n) is 11.0. The minimum Gasteiger partial charge on any atom is -0.502 e. The highest BCUT2D eigenvalue weighted by molar-refractivity contribution is 6.35. The molecule has 1 saturated heterocycles. The minimum absolute atomic E-state index is 0.0167. The number of pyridine rings is 2. The molecule has 3 N–H and O–H groups in total. The number of aromatic nitrogens is 2. The van der Waals surface area contributed by atoms with Gasteiger partial charge < -0.3 is 14.9 Å². The van der Waals surface area contributed by atoms with E-state index in [0.29, 0.717) is 10.5 Å². The summed E-state index contributed by atoms with van der Waals surface area (Å²) in [6, 6.07) is 20.4. The number of H-pyrrole nitrogens is 1. The molecule has 1 fully saturated rings. The number of nitrogens with one attached hydrogen (secondary N) is 2. The van der Waals surface area contributed by atoms with Crippen LogP contribution in [0.3, 0.4) is 0 Å². The summed E-state index contributed by atoms with van der Waals surface area (Å²) in [7, 11) is 0. The Morgan fingerprint density at radius 1 is 1.06 bits per heavy atom. The van der Waals surface area contributed by atoms with E-state index < -0.39 is 0 Å². The van der Waals surface area contributed by atoms with E-state index in [1.165, 1.54) is 16.0 Å². The van der Waals surface area contributed by atoms with Crippen LogP contribution in [0.4, 0.5) is 5.82 Å². The number of fused-ring (bicyclic) bond motifs is 1. The van der Waals surface area contributed by atoms with Crippen molar-refractivity contribution in [3.05, 3.63) is 94.8 Å². The number of hydrogen-bond acceptors (Lipinski definition) is 3. The largest absolute Gasteiger partial charge is 0.502 e. The summed E-state index contributed by atoms with van der Waals surface area (Å²) >= 11 is 6.68. The van der Waals surface area contributed by atoms with Gasteiger partial charge in [-0.2, -0.15) is 0 Å². The number of phenols is 1. The average Bonchev–Trinajstić information content (AvgIpc) is 2.84. The van der Waals surface area contributed by atoms with Crippen molar-refractivity contribution in [2.75, 3.05) is 31.1 Å². The van der Waals surface area contributed by atoms with E-state index >= 15 is 0 Å². The normalized spacial score (nSPS) is 15.8. The molecule has 2 aromatic carbocycles. The molecule has 3 heterocycles. The second-order valence-electron chi connectivity index (χ2n) is 8.43. The lowest BCUT2D eigenvalue weighted by atomic mass is 9.93. The van der Waals surface area contributed by atoms with Crippen LogP contribution in [0.15, 0.2) is 73.1 Å². The van der Waals surface area contributed by atoms with Crippen molar-refractivity contribution in [3.63, 3.8) is 0 Å². The zero-order valence-corrected chi connectivity index (χ0v) is 18.8. The monoisotopic (exact) mass is 446 g/mol. The summed E-state index contributed by atoms with van der Waals surface area (Å²) in [5.74, 6) is 1.29. The SMILES string of the molecule is Cc1ccc(C(c2cc(Cl)c3ccc[nH+]c3c2O)[NH+]2CCN(c3ccccn3)CC2)cc1. The number of rotatable bonds is 4. The molecule has 0 amide bonds. The van der Waals surface area contributed by atoms with E-state index in [1.54, 1.807) is 0 Å². The van der Waals surface area contributed by atoms with Gasteiger partial charge in [0.1, 0.15) is 11.9 Å². The second kappa shape index (κ2) is 8.77. The van der Waals surface area contributed by atoms with Crippen LogP contribution in [-0.2, 0) is 0 Å². The quantitative estimate of drug-likeness (QED) is 0.506. The van der Waals surface area contributed by atoms with Crippen molar-refractivity contribution in [1.82, 2.24) is 4.98 Å². The van der Waals surface area contributed by atoms with Crippen LogP contribution < -0.4 is 14.8 Å². The van der Waals surface area contributed by atoms with Gasteiger partial charge in [0.2, 0.25) is 0 Å². The van der Waals surface area contributed by atoms with Gasteiger partial charge in [-0.15, -0.1) is 0 Å². The summed E-state index contributed by atoms with van der Waals surface area (Å²) in [4.78, 5) is 11.4. The average molecular weight is 447 g/mol. The first-order chi connectivity index (χ1) is 15.6. The van der Waals surface area contributed by atoms with E-state index in [2.05, 4.69) is 52.1 Å². The van der Waals surface area contributed by atoms with Crippen LogP contribution in [0.1, 0.15) is 22.7 Å². The highest BCUT2D eigenvalue weighted by Gasteiger charge is 2.34. The lowest BCUT2D eigenvalue weighted by Crippen LogP contribution is -3.15. The summed E-state index contributed by atoms with van der Waals surface area (Å²) < 4.78 is 0. The first-order valence-corrected chi connectivity index (χ1v) is 11.4. The molecule has 0 radical (unpaired) electrons. The highest BCUT2D eigenvalue weighted by atomic mass is 35.5. The molecule has 0 spiro atoms. The van der Waals surface area contributed by atoms with Crippen molar-refractivity contribution in [3.8, 4) is 5.75 Å². The fourth-order valence-corrected chi connectivity index (χ4v) is 5.00. The van der Waals surface area contributed by atoms with Gasteiger partial charge >= 0.3 is 0 Å². The Labute approximate surface area is 192 Å². The number of halogens is 1. The molecule has 32 heavy (non-hydrogen) atoms. The number of nitrogens with zero attached hydrogens (tertiary/aromatic N) is 2. The molecule has 1 aliphatic rings. The Hall–Kier alpha value is -3.15. The number of aromatic hydroxyl groups is 1. The van der Waals surface area contributed by atoms with Gasteiger partial charge in [-0.1, -0.05) is 47.5 Å². The Balaban J connectivity index is 1.54.